The third-order valence-corrected chi connectivity index (χ3v) is 6.65. The number of nitrogens with zero attached hydrogens (tertiary/aromatic N) is 1. The standard InChI is InChI=1S/C27H26FNO5S/c1-3-33-19-11-12-20(21(16-19)34-4-2)25(30)23-24(22-6-5-15-35-22)29(27(32)26(23)31)14-13-17-7-9-18(28)10-8-17/h5-12,15-16,24,30H,3-4,13-14H2,1-2H3/b25-23-. The molecule has 1 amide bonds. The van der Waals surface area contributed by atoms with Crippen molar-refractivity contribution in [3.8, 4) is 11.5 Å². The minimum absolute atomic E-state index is 0.0154. The van der Waals surface area contributed by atoms with E-state index < -0.39 is 17.7 Å². The van der Waals surface area contributed by atoms with E-state index in [-0.39, 0.29) is 23.7 Å². The van der Waals surface area contributed by atoms with E-state index in [0.29, 0.717) is 36.7 Å². The maximum Gasteiger partial charge on any atom is 0.295 e. The van der Waals surface area contributed by atoms with E-state index in [1.165, 1.54) is 28.4 Å². The zero-order chi connectivity index (χ0) is 24.9. The normalized spacial score (nSPS) is 17.1. The largest absolute Gasteiger partial charge is 0.507 e. The molecule has 1 unspecified atom stereocenters. The van der Waals surface area contributed by atoms with Crippen molar-refractivity contribution in [2.24, 2.45) is 0 Å². The molecule has 8 heteroatoms. The summed E-state index contributed by atoms with van der Waals surface area (Å²) >= 11 is 1.40. The molecule has 0 bridgehead atoms. The fourth-order valence-corrected chi connectivity index (χ4v) is 4.97. The molecular formula is C27H26FNO5S. The first-order chi connectivity index (χ1) is 16.9. The van der Waals surface area contributed by atoms with Crippen LogP contribution in [0.4, 0.5) is 4.39 Å². The number of hydrogen-bond acceptors (Lipinski definition) is 6. The van der Waals surface area contributed by atoms with Crippen molar-refractivity contribution in [3.05, 3.63) is 87.4 Å². The van der Waals surface area contributed by atoms with Crippen molar-refractivity contribution in [2.45, 2.75) is 26.3 Å². The first kappa shape index (κ1) is 24.5. The summed E-state index contributed by atoms with van der Waals surface area (Å²) in [6.07, 6.45) is 0.433. The van der Waals surface area contributed by atoms with Gasteiger partial charge in [-0.15, -0.1) is 11.3 Å². The summed E-state index contributed by atoms with van der Waals surface area (Å²) < 4.78 is 24.5. The third-order valence-electron chi connectivity index (χ3n) is 5.73. The first-order valence-electron chi connectivity index (χ1n) is 11.4. The van der Waals surface area contributed by atoms with E-state index >= 15 is 0 Å². The highest BCUT2D eigenvalue weighted by Crippen LogP contribution is 2.43. The van der Waals surface area contributed by atoms with Crippen LogP contribution in [0.2, 0.25) is 0 Å². The lowest BCUT2D eigenvalue weighted by Gasteiger charge is -2.24. The summed E-state index contributed by atoms with van der Waals surface area (Å²) in [5.41, 5.74) is 1.17. The molecule has 0 aliphatic carbocycles. The van der Waals surface area contributed by atoms with Gasteiger partial charge >= 0.3 is 0 Å². The van der Waals surface area contributed by atoms with Crippen molar-refractivity contribution in [2.75, 3.05) is 19.8 Å². The summed E-state index contributed by atoms with van der Waals surface area (Å²) in [5, 5.41) is 13.2. The zero-order valence-corrected chi connectivity index (χ0v) is 20.3. The van der Waals surface area contributed by atoms with Crippen molar-refractivity contribution < 1.29 is 28.6 Å². The molecule has 1 N–H and O–H groups in total. The number of aliphatic hydroxyl groups is 1. The molecule has 182 valence electrons. The average molecular weight is 496 g/mol. The number of halogens is 1. The summed E-state index contributed by atoms with van der Waals surface area (Å²) in [4.78, 5) is 28.5. The van der Waals surface area contributed by atoms with Crippen LogP contribution in [-0.2, 0) is 16.0 Å². The Hall–Kier alpha value is -3.65. The second-order valence-corrected chi connectivity index (χ2v) is 8.89. The van der Waals surface area contributed by atoms with Crippen LogP contribution < -0.4 is 9.47 Å². The molecule has 3 aromatic rings. The van der Waals surface area contributed by atoms with Crippen LogP contribution in [0.1, 0.15) is 35.9 Å². The Kier molecular flexibility index (Phi) is 7.51. The Bertz CT molecular complexity index is 1240. The van der Waals surface area contributed by atoms with Gasteiger partial charge in [0.2, 0.25) is 0 Å². The predicted molar refractivity (Wildman–Crippen MR) is 132 cm³/mol. The fourth-order valence-electron chi connectivity index (χ4n) is 4.13. The Morgan fingerprint density at radius 3 is 2.46 bits per heavy atom. The summed E-state index contributed by atoms with van der Waals surface area (Å²) in [6, 6.07) is 13.9. The second-order valence-electron chi connectivity index (χ2n) is 7.91. The van der Waals surface area contributed by atoms with Crippen LogP contribution in [0.25, 0.3) is 5.76 Å². The minimum Gasteiger partial charge on any atom is -0.507 e. The van der Waals surface area contributed by atoms with E-state index in [2.05, 4.69) is 0 Å². The molecule has 35 heavy (non-hydrogen) atoms. The first-order valence-corrected chi connectivity index (χ1v) is 12.3. The number of thiophene rings is 1. The van der Waals surface area contributed by atoms with Crippen LogP contribution in [0, 0.1) is 5.82 Å². The molecule has 2 aromatic carbocycles. The Morgan fingerprint density at radius 2 is 1.80 bits per heavy atom. The van der Waals surface area contributed by atoms with E-state index in [9.17, 15) is 19.1 Å². The van der Waals surface area contributed by atoms with E-state index in [0.717, 1.165) is 10.4 Å². The SMILES string of the molecule is CCOc1ccc(/C(O)=C2/C(=O)C(=O)N(CCc3ccc(F)cc3)C2c2cccs2)c(OCC)c1. The number of ketones is 1. The van der Waals surface area contributed by atoms with Crippen LogP contribution in [0.15, 0.2) is 65.6 Å². The lowest BCUT2D eigenvalue weighted by atomic mass is 9.99. The quantitative estimate of drug-likeness (QED) is 0.246. The van der Waals surface area contributed by atoms with Gasteiger partial charge in [0.25, 0.3) is 11.7 Å². The van der Waals surface area contributed by atoms with Crippen molar-refractivity contribution in [1.29, 1.82) is 0 Å². The van der Waals surface area contributed by atoms with Gasteiger partial charge in [-0.3, -0.25) is 9.59 Å². The zero-order valence-electron chi connectivity index (χ0n) is 19.5. The van der Waals surface area contributed by atoms with Gasteiger partial charge in [0.15, 0.2) is 0 Å². The van der Waals surface area contributed by atoms with Gasteiger partial charge in [0, 0.05) is 17.5 Å². The maximum absolute atomic E-state index is 13.3. The Labute approximate surface area is 207 Å². The van der Waals surface area contributed by atoms with Gasteiger partial charge in [-0.2, -0.15) is 0 Å². The average Bonchev–Trinajstić information content (AvgIpc) is 3.46. The van der Waals surface area contributed by atoms with Gasteiger partial charge < -0.3 is 19.5 Å². The number of likely N-dealkylation sites (tertiary alicyclic amines) is 1. The molecule has 0 spiro atoms. The van der Waals surface area contributed by atoms with Crippen molar-refractivity contribution in [3.63, 3.8) is 0 Å². The molecule has 1 atom stereocenters. The summed E-state index contributed by atoms with van der Waals surface area (Å²) in [5.74, 6) is -1.14. The topological polar surface area (TPSA) is 76.1 Å². The van der Waals surface area contributed by atoms with Gasteiger partial charge in [-0.25, -0.2) is 4.39 Å². The molecule has 1 saturated heterocycles. The highest BCUT2D eigenvalue weighted by Gasteiger charge is 2.46. The van der Waals surface area contributed by atoms with E-state index in [4.69, 9.17) is 9.47 Å². The number of aliphatic hydroxyl groups excluding tert-OH is 1. The third kappa shape index (κ3) is 5.07. The van der Waals surface area contributed by atoms with Crippen LogP contribution in [-0.4, -0.2) is 41.5 Å². The van der Waals surface area contributed by atoms with Crippen molar-refractivity contribution >= 4 is 28.8 Å². The van der Waals surface area contributed by atoms with Gasteiger partial charge in [0.1, 0.15) is 23.1 Å². The number of carbonyl (C=O) groups is 2. The number of ether oxygens (including phenoxy) is 2. The number of amides is 1. The van der Waals surface area contributed by atoms with Gasteiger partial charge in [0.05, 0.1) is 30.4 Å². The van der Waals surface area contributed by atoms with Crippen LogP contribution >= 0.6 is 11.3 Å². The lowest BCUT2D eigenvalue weighted by molar-refractivity contribution is -0.139. The minimum atomic E-state index is -0.753. The second kappa shape index (κ2) is 10.7. The fraction of sp³-hybridized carbons (Fsp3) is 0.259. The number of benzene rings is 2. The number of carbonyl (C=O) groups excluding carboxylic acids is 2. The molecule has 2 heterocycles. The summed E-state index contributed by atoms with van der Waals surface area (Å²) in [6.45, 7) is 4.72. The van der Waals surface area contributed by atoms with Gasteiger partial charge in [-0.05, 0) is 61.5 Å². The van der Waals surface area contributed by atoms with E-state index in [1.54, 1.807) is 30.3 Å². The summed E-state index contributed by atoms with van der Waals surface area (Å²) in [7, 11) is 0. The molecule has 1 aliphatic rings. The van der Waals surface area contributed by atoms with Crippen LogP contribution in [0.3, 0.4) is 0 Å². The van der Waals surface area contributed by atoms with Crippen molar-refractivity contribution in [1.82, 2.24) is 4.90 Å². The molecule has 0 saturated carbocycles. The smallest absolute Gasteiger partial charge is 0.295 e. The lowest BCUT2D eigenvalue weighted by Crippen LogP contribution is -2.31. The molecule has 1 fully saturated rings. The van der Waals surface area contributed by atoms with Crippen LogP contribution in [0.5, 0.6) is 11.5 Å². The Morgan fingerprint density at radius 1 is 1.06 bits per heavy atom. The predicted octanol–water partition coefficient (Wildman–Crippen LogP) is 5.35. The molecule has 1 aromatic heterocycles. The van der Waals surface area contributed by atoms with Gasteiger partial charge in [-0.1, -0.05) is 18.2 Å². The Balaban J connectivity index is 1.76. The highest BCUT2D eigenvalue weighted by molar-refractivity contribution is 7.10. The molecule has 6 nitrogen and oxygen atoms in total. The molecular weight excluding hydrogens is 469 g/mol. The monoisotopic (exact) mass is 495 g/mol. The maximum atomic E-state index is 13.3. The number of hydrogen-bond donors (Lipinski definition) is 1. The molecule has 1 aliphatic heterocycles. The highest BCUT2D eigenvalue weighted by atomic mass is 32.1. The number of Topliss-reactive ketones (excluding diaryl/α,β-unsaturated/α-hetero) is 1. The van der Waals surface area contributed by atoms with E-state index in [1.807, 2.05) is 31.4 Å². The molecule has 0 radical (unpaired) electrons. The molecule has 4 rings (SSSR count). The number of rotatable bonds is 9.